The highest BCUT2D eigenvalue weighted by Gasteiger charge is 2.33. The Balaban J connectivity index is 1.45. The van der Waals surface area contributed by atoms with Gasteiger partial charge in [0.2, 0.25) is 0 Å². The van der Waals surface area contributed by atoms with Crippen molar-refractivity contribution in [1.82, 2.24) is 15.0 Å². The Morgan fingerprint density at radius 3 is 2.43 bits per heavy atom. The molecule has 0 N–H and O–H groups in total. The van der Waals surface area contributed by atoms with Gasteiger partial charge in [0.15, 0.2) is 5.82 Å². The number of aromatic nitrogens is 2. The highest BCUT2D eigenvalue weighted by atomic mass is 16.5. The summed E-state index contributed by atoms with van der Waals surface area (Å²) in [6, 6.07) is 9.12. The summed E-state index contributed by atoms with van der Waals surface area (Å²) in [5.74, 6) is 2.00. The van der Waals surface area contributed by atoms with Crippen molar-refractivity contribution in [3.05, 3.63) is 35.7 Å². The van der Waals surface area contributed by atoms with Gasteiger partial charge in [-0.25, -0.2) is 0 Å². The molecule has 0 bridgehead atoms. The van der Waals surface area contributed by atoms with E-state index in [1.54, 1.807) is 0 Å². The summed E-state index contributed by atoms with van der Waals surface area (Å²) >= 11 is 0. The minimum absolute atomic E-state index is 0.461. The fraction of sp³-hybridized carbons (Fsp3) is 0.529. The normalized spacial score (nSPS) is 20.8. The Hall–Kier alpha value is -1.68. The maximum atomic E-state index is 5.46. The lowest BCUT2D eigenvalue weighted by molar-refractivity contribution is 0.199. The molecule has 2 heterocycles. The second-order valence-corrected chi connectivity index (χ2v) is 6.37. The smallest absolute Gasteiger partial charge is 0.257 e. The first-order valence-electron chi connectivity index (χ1n) is 7.94. The summed E-state index contributed by atoms with van der Waals surface area (Å²) in [6.07, 6.45) is 5.10. The fourth-order valence-electron chi connectivity index (χ4n) is 3.18. The zero-order valence-corrected chi connectivity index (χ0v) is 12.5. The first-order chi connectivity index (χ1) is 10.3. The average molecular weight is 283 g/mol. The third-order valence-corrected chi connectivity index (χ3v) is 4.70. The van der Waals surface area contributed by atoms with E-state index in [1.165, 1.54) is 31.5 Å². The SMILES string of the molecule is Cc1ccc(-c2nc(C3CCN(C4CC4)CC3)no2)cc1. The summed E-state index contributed by atoms with van der Waals surface area (Å²) in [5, 5.41) is 4.22. The van der Waals surface area contributed by atoms with E-state index >= 15 is 0 Å². The van der Waals surface area contributed by atoms with E-state index in [-0.39, 0.29) is 0 Å². The number of hydrogen-bond donors (Lipinski definition) is 0. The topological polar surface area (TPSA) is 42.2 Å². The Kier molecular flexibility index (Phi) is 3.26. The third-order valence-electron chi connectivity index (χ3n) is 4.70. The van der Waals surface area contributed by atoms with Gasteiger partial charge in [-0.3, -0.25) is 0 Å². The predicted molar refractivity (Wildman–Crippen MR) is 81.0 cm³/mol. The lowest BCUT2D eigenvalue weighted by Gasteiger charge is -2.30. The molecule has 4 heteroatoms. The van der Waals surface area contributed by atoms with Crippen molar-refractivity contribution in [3.63, 3.8) is 0 Å². The van der Waals surface area contributed by atoms with Crippen LogP contribution in [0, 0.1) is 6.92 Å². The molecule has 2 aliphatic rings. The zero-order chi connectivity index (χ0) is 14.2. The quantitative estimate of drug-likeness (QED) is 0.866. The number of hydrogen-bond acceptors (Lipinski definition) is 4. The molecular formula is C17H21N3O. The van der Waals surface area contributed by atoms with Crippen LogP contribution in [0.3, 0.4) is 0 Å². The minimum atomic E-state index is 0.461. The number of nitrogens with zero attached hydrogens (tertiary/aromatic N) is 3. The Labute approximate surface area is 125 Å². The molecule has 21 heavy (non-hydrogen) atoms. The van der Waals surface area contributed by atoms with Gasteiger partial charge in [-0.1, -0.05) is 22.9 Å². The van der Waals surface area contributed by atoms with Crippen LogP contribution in [0.1, 0.15) is 43.0 Å². The van der Waals surface area contributed by atoms with Gasteiger partial charge in [0.1, 0.15) is 0 Å². The largest absolute Gasteiger partial charge is 0.334 e. The highest BCUT2D eigenvalue weighted by molar-refractivity contribution is 5.53. The monoisotopic (exact) mass is 283 g/mol. The molecular weight excluding hydrogens is 262 g/mol. The summed E-state index contributed by atoms with van der Waals surface area (Å²) in [6.45, 7) is 4.45. The van der Waals surface area contributed by atoms with E-state index < -0.39 is 0 Å². The molecule has 1 aliphatic heterocycles. The molecule has 0 spiro atoms. The molecule has 4 nitrogen and oxygen atoms in total. The van der Waals surface area contributed by atoms with Crippen LogP contribution < -0.4 is 0 Å². The van der Waals surface area contributed by atoms with Crippen LogP contribution in [0.15, 0.2) is 28.8 Å². The lowest BCUT2D eigenvalue weighted by atomic mass is 9.96. The first kappa shape index (κ1) is 13.0. The van der Waals surface area contributed by atoms with Crippen molar-refractivity contribution in [2.75, 3.05) is 13.1 Å². The number of benzene rings is 1. The van der Waals surface area contributed by atoms with Crippen LogP contribution in [0.4, 0.5) is 0 Å². The standard InChI is InChI=1S/C17H21N3O/c1-12-2-4-14(5-3-12)17-18-16(19-21-17)13-8-10-20(11-9-13)15-6-7-15/h2-5,13,15H,6-11H2,1H3. The maximum absolute atomic E-state index is 5.46. The molecule has 0 radical (unpaired) electrons. The molecule has 0 amide bonds. The third kappa shape index (κ3) is 2.72. The molecule has 0 unspecified atom stereocenters. The molecule has 4 rings (SSSR count). The van der Waals surface area contributed by atoms with Crippen molar-refractivity contribution < 1.29 is 4.52 Å². The van der Waals surface area contributed by atoms with Gasteiger partial charge in [-0.2, -0.15) is 4.98 Å². The van der Waals surface area contributed by atoms with Crippen LogP contribution in [0.5, 0.6) is 0 Å². The van der Waals surface area contributed by atoms with Crippen molar-refractivity contribution in [2.24, 2.45) is 0 Å². The Morgan fingerprint density at radius 1 is 1.05 bits per heavy atom. The molecule has 2 fully saturated rings. The van der Waals surface area contributed by atoms with Crippen molar-refractivity contribution in [2.45, 2.75) is 44.6 Å². The molecule has 1 saturated carbocycles. The van der Waals surface area contributed by atoms with Crippen molar-refractivity contribution >= 4 is 0 Å². The number of piperidine rings is 1. The van der Waals surface area contributed by atoms with Gasteiger partial charge in [-0.15, -0.1) is 0 Å². The van der Waals surface area contributed by atoms with Crippen molar-refractivity contribution in [3.8, 4) is 11.5 Å². The second kappa shape index (κ2) is 5.26. The molecule has 1 aliphatic carbocycles. The van der Waals surface area contributed by atoms with E-state index in [0.29, 0.717) is 11.8 Å². The van der Waals surface area contributed by atoms with Crippen LogP contribution in [-0.2, 0) is 0 Å². The number of rotatable bonds is 3. The highest BCUT2D eigenvalue weighted by Crippen LogP contribution is 2.34. The van der Waals surface area contributed by atoms with Crippen LogP contribution in [0.2, 0.25) is 0 Å². The van der Waals surface area contributed by atoms with E-state index in [2.05, 4.69) is 34.1 Å². The molecule has 0 atom stereocenters. The summed E-state index contributed by atoms with van der Waals surface area (Å²) in [4.78, 5) is 7.25. The van der Waals surface area contributed by atoms with Crippen LogP contribution in [0.25, 0.3) is 11.5 Å². The fourth-order valence-corrected chi connectivity index (χ4v) is 3.18. The zero-order valence-electron chi connectivity index (χ0n) is 12.5. The summed E-state index contributed by atoms with van der Waals surface area (Å²) in [7, 11) is 0. The van der Waals surface area contributed by atoms with E-state index in [0.717, 1.165) is 30.3 Å². The van der Waals surface area contributed by atoms with Gasteiger partial charge in [0.05, 0.1) is 0 Å². The van der Waals surface area contributed by atoms with Gasteiger partial charge < -0.3 is 9.42 Å². The molecule has 1 aromatic heterocycles. The van der Waals surface area contributed by atoms with E-state index in [9.17, 15) is 0 Å². The van der Waals surface area contributed by atoms with Gasteiger partial charge in [0, 0.05) is 17.5 Å². The summed E-state index contributed by atoms with van der Waals surface area (Å²) < 4.78 is 5.46. The molecule has 110 valence electrons. The van der Waals surface area contributed by atoms with Gasteiger partial charge in [0.25, 0.3) is 5.89 Å². The van der Waals surface area contributed by atoms with E-state index in [4.69, 9.17) is 4.52 Å². The van der Waals surface area contributed by atoms with Crippen LogP contribution >= 0.6 is 0 Å². The average Bonchev–Trinajstić information content (AvgIpc) is 3.26. The second-order valence-electron chi connectivity index (χ2n) is 6.37. The maximum Gasteiger partial charge on any atom is 0.257 e. The Bertz CT molecular complexity index is 607. The van der Waals surface area contributed by atoms with Crippen molar-refractivity contribution in [1.29, 1.82) is 0 Å². The van der Waals surface area contributed by atoms with Gasteiger partial charge in [-0.05, 0) is 57.8 Å². The minimum Gasteiger partial charge on any atom is -0.334 e. The first-order valence-corrected chi connectivity index (χ1v) is 7.94. The van der Waals surface area contributed by atoms with Crippen LogP contribution in [-0.4, -0.2) is 34.2 Å². The molecule has 2 aromatic rings. The number of aryl methyl sites for hydroxylation is 1. The number of likely N-dealkylation sites (tertiary alicyclic amines) is 1. The van der Waals surface area contributed by atoms with E-state index in [1.807, 2.05) is 12.1 Å². The van der Waals surface area contributed by atoms with Gasteiger partial charge >= 0.3 is 0 Å². The molecule has 1 saturated heterocycles. The lowest BCUT2D eigenvalue weighted by Crippen LogP contribution is -2.34. The molecule has 1 aromatic carbocycles. The predicted octanol–water partition coefficient (Wildman–Crippen LogP) is 3.39. The summed E-state index contributed by atoms with van der Waals surface area (Å²) in [5.41, 5.74) is 2.25. The Morgan fingerprint density at radius 2 is 1.76 bits per heavy atom.